The van der Waals surface area contributed by atoms with Crippen molar-refractivity contribution in [2.45, 2.75) is 33.1 Å². The molecule has 0 fully saturated rings. The molecular weight excluding hydrogens is 337 g/mol. The topological polar surface area (TPSA) is 0 Å². The van der Waals surface area contributed by atoms with Crippen LogP contribution in [0.25, 0.3) is 0 Å². The number of allylic oxidation sites excluding steroid dienone is 4. The van der Waals surface area contributed by atoms with Gasteiger partial charge in [0.1, 0.15) is 0 Å². The second-order valence-corrected chi connectivity index (χ2v) is 3.24. The van der Waals surface area contributed by atoms with Crippen molar-refractivity contribution in [1.29, 1.82) is 0 Å². The van der Waals surface area contributed by atoms with Crippen LogP contribution in [0.5, 0.6) is 0 Å². The van der Waals surface area contributed by atoms with E-state index >= 15 is 0 Å². The Morgan fingerprint density at radius 1 is 1.38 bits per heavy atom. The summed E-state index contributed by atoms with van der Waals surface area (Å²) in [6, 6.07) is 0. The molecule has 0 heterocycles. The van der Waals surface area contributed by atoms with E-state index in [1.54, 1.807) is 0 Å². The zero-order chi connectivity index (χ0) is 7.40. The van der Waals surface area contributed by atoms with E-state index in [9.17, 15) is 0 Å². The van der Waals surface area contributed by atoms with Gasteiger partial charge in [0.15, 0.2) is 0 Å². The second kappa shape index (κ2) is 10.3. The van der Waals surface area contributed by atoms with Crippen molar-refractivity contribution in [3.63, 3.8) is 0 Å². The summed E-state index contributed by atoms with van der Waals surface area (Å²) in [5.41, 5.74) is 1.41. The molecule has 0 unspecified atom stereocenters. The summed E-state index contributed by atoms with van der Waals surface area (Å²) in [4.78, 5) is 0. The van der Waals surface area contributed by atoms with E-state index in [2.05, 4.69) is 32.1 Å². The van der Waals surface area contributed by atoms with Crippen molar-refractivity contribution in [2.24, 2.45) is 5.92 Å². The number of hydrogen-bond acceptors (Lipinski definition) is 0. The Labute approximate surface area is 98.0 Å². The normalized spacial score (nSPS) is 12.7. The first-order chi connectivity index (χ1) is 4.79. The van der Waals surface area contributed by atoms with Crippen LogP contribution in [-0.2, 0) is 25.8 Å². The molecule has 1 aliphatic rings. The van der Waals surface area contributed by atoms with Gasteiger partial charge in [-0.05, 0) is 12.3 Å². The van der Waals surface area contributed by atoms with Crippen LogP contribution < -0.4 is 9.41 Å². The van der Waals surface area contributed by atoms with Crippen molar-refractivity contribution < 1.29 is 35.3 Å². The summed E-state index contributed by atoms with van der Waals surface area (Å²) in [6.07, 6.45) is 11.2. The molecule has 3 heteroatoms. The first-order valence-corrected chi connectivity index (χ1v) is 4.05. The molecule has 0 aromatic carbocycles. The number of halogens is 2. The Morgan fingerprint density at radius 2 is 2.00 bits per heavy atom. The molecule has 0 aromatic heterocycles. The molecule has 0 saturated heterocycles. The molecule has 0 saturated carbocycles. The molecule has 0 amide bonds. The van der Waals surface area contributed by atoms with Gasteiger partial charge in [0.25, 0.3) is 0 Å². The average Bonchev–Trinajstić information content (AvgIpc) is 2.34. The van der Waals surface area contributed by atoms with Gasteiger partial charge in [0.2, 0.25) is 0 Å². The van der Waals surface area contributed by atoms with Gasteiger partial charge in [-0.25, -0.2) is 11.6 Å². The SMILES string of the molecule is CC(C)CCC1=[C-]CC=C1.[F-].[F-].[Hf]. The van der Waals surface area contributed by atoms with Crippen molar-refractivity contribution in [3.8, 4) is 0 Å². The Balaban J connectivity index is -0.000000333. The third-order valence-electron chi connectivity index (χ3n) is 1.76. The number of hydrogen-bond donors (Lipinski definition) is 0. The fourth-order valence-electron chi connectivity index (χ4n) is 1.07. The quantitative estimate of drug-likeness (QED) is 0.378. The van der Waals surface area contributed by atoms with Gasteiger partial charge in [0.05, 0.1) is 0 Å². The summed E-state index contributed by atoms with van der Waals surface area (Å²) in [5, 5.41) is 0. The Hall–Kier alpha value is 0.210. The van der Waals surface area contributed by atoms with Crippen LogP contribution in [0.15, 0.2) is 17.7 Å². The van der Waals surface area contributed by atoms with Crippen LogP contribution in [0, 0.1) is 12.0 Å². The maximum absolute atomic E-state index is 3.32. The van der Waals surface area contributed by atoms with Crippen LogP contribution in [0.2, 0.25) is 0 Å². The monoisotopic (exact) mass is 353 g/mol. The van der Waals surface area contributed by atoms with Crippen molar-refractivity contribution >= 4 is 0 Å². The van der Waals surface area contributed by atoms with E-state index in [0.717, 1.165) is 12.3 Å². The molecular formula is C10H15F2Hf-3. The van der Waals surface area contributed by atoms with Crippen LogP contribution in [0.4, 0.5) is 0 Å². The smallest absolute Gasteiger partial charge is 0 e. The largest absolute Gasteiger partial charge is 1.00 e. The van der Waals surface area contributed by atoms with Crippen LogP contribution >= 0.6 is 0 Å². The van der Waals surface area contributed by atoms with Crippen molar-refractivity contribution in [1.82, 2.24) is 0 Å². The second-order valence-electron chi connectivity index (χ2n) is 3.24. The molecule has 0 N–H and O–H groups in total. The molecule has 1 aliphatic carbocycles. The summed E-state index contributed by atoms with van der Waals surface area (Å²) >= 11 is 0. The first kappa shape index (κ1) is 18.9. The Kier molecular flexibility index (Phi) is 15.0. The fourth-order valence-corrected chi connectivity index (χ4v) is 1.07. The van der Waals surface area contributed by atoms with Gasteiger partial charge in [-0.15, -0.1) is 6.42 Å². The van der Waals surface area contributed by atoms with Crippen LogP contribution in [0.1, 0.15) is 33.1 Å². The Bertz CT molecular complexity index is 162. The van der Waals surface area contributed by atoms with Gasteiger partial charge >= 0.3 is 0 Å². The van der Waals surface area contributed by atoms with E-state index < -0.39 is 0 Å². The van der Waals surface area contributed by atoms with E-state index in [1.165, 1.54) is 18.4 Å². The zero-order valence-electron chi connectivity index (χ0n) is 8.11. The average molecular weight is 352 g/mol. The van der Waals surface area contributed by atoms with E-state index in [4.69, 9.17) is 0 Å². The minimum Gasteiger partial charge on any atom is -1.00 e. The van der Waals surface area contributed by atoms with E-state index in [0.29, 0.717) is 0 Å². The molecule has 0 radical (unpaired) electrons. The van der Waals surface area contributed by atoms with E-state index in [1.807, 2.05) is 0 Å². The van der Waals surface area contributed by atoms with Gasteiger partial charge in [-0.2, -0.15) is 6.08 Å². The van der Waals surface area contributed by atoms with Crippen molar-refractivity contribution in [3.05, 3.63) is 23.8 Å². The van der Waals surface area contributed by atoms with Gasteiger partial charge in [0, 0.05) is 25.8 Å². The summed E-state index contributed by atoms with van der Waals surface area (Å²) in [7, 11) is 0. The molecule has 0 spiro atoms. The molecule has 1 rings (SSSR count). The minimum absolute atomic E-state index is 0. The fraction of sp³-hybridized carbons (Fsp3) is 0.600. The summed E-state index contributed by atoms with van der Waals surface area (Å²) in [6.45, 7) is 4.53. The molecule has 0 aromatic rings. The van der Waals surface area contributed by atoms with Crippen LogP contribution in [-0.4, -0.2) is 0 Å². The van der Waals surface area contributed by atoms with Gasteiger partial charge in [-0.3, -0.25) is 6.08 Å². The third kappa shape index (κ3) is 8.54. The molecule has 0 atom stereocenters. The molecule has 0 nitrogen and oxygen atoms in total. The van der Waals surface area contributed by atoms with Crippen LogP contribution in [0.3, 0.4) is 0 Å². The predicted molar refractivity (Wildman–Crippen MR) is 44.6 cm³/mol. The molecule has 76 valence electrons. The minimum atomic E-state index is 0. The Morgan fingerprint density at radius 3 is 2.38 bits per heavy atom. The molecule has 13 heavy (non-hydrogen) atoms. The zero-order valence-corrected chi connectivity index (χ0v) is 11.7. The van der Waals surface area contributed by atoms with Crippen molar-refractivity contribution in [2.75, 3.05) is 0 Å². The maximum atomic E-state index is 3.32. The summed E-state index contributed by atoms with van der Waals surface area (Å²) < 4.78 is 0. The van der Waals surface area contributed by atoms with Gasteiger partial charge in [-0.1, -0.05) is 20.3 Å². The predicted octanol–water partition coefficient (Wildman–Crippen LogP) is -2.88. The maximum Gasteiger partial charge on any atom is 0 e. The standard InChI is InChI=1S/C10H15.2FH.Hf/c1-9(2)7-8-10-5-3-4-6-10;;;/h3,5,9H,4,7-8H2,1-2H3;2*1H;/q-1;;;/p-2. The third-order valence-corrected chi connectivity index (χ3v) is 1.76. The van der Waals surface area contributed by atoms with Gasteiger partial charge < -0.3 is 9.41 Å². The molecule has 0 bridgehead atoms. The molecule has 0 aliphatic heterocycles. The number of rotatable bonds is 3. The summed E-state index contributed by atoms with van der Waals surface area (Å²) in [5.74, 6) is 0.822. The first-order valence-electron chi connectivity index (χ1n) is 4.05. The van der Waals surface area contributed by atoms with E-state index in [-0.39, 0.29) is 35.3 Å².